The fourth-order valence-electron chi connectivity index (χ4n) is 7.90. The number of nitrogens with one attached hydrogen (secondary N) is 3. The maximum absolute atomic E-state index is 13.2. The summed E-state index contributed by atoms with van der Waals surface area (Å²) in [5.74, 6) is -0.422. The van der Waals surface area contributed by atoms with Crippen molar-refractivity contribution in [3.63, 3.8) is 0 Å². The number of fused-ring (bicyclic) bond motifs is 3. The van der Waals surface area contributed by atoms with Crippen molar-refractivity contribution in [3.8, 4) is 11.1 Å². The Morgan fingerprint density at radius 1 is 1.02 bits per heavy atom. The lowest BCUT2D eigenvalue weighted by Crippen LogP contribution is -2.58. The number of para-hydroxylation sites is 1. The average Bonchev–Trinajstić information content (AvgIpc) is 4.07. The summed E-state index contributed by atoms with van der Waals surface area (Å²) in [7, 11) is 2.08. The molecule has 2 aliphatic carbocycles. The normalized spacial score (nSPS) is 21.3. The third-order valence-corrected chi connectivity index (χ3v) is 11.5. The van der Waals surface area contributed by atoms with Gasteiger partial charge < -0.3 is 37.2 Å². The molecule has 2 aromatic heterocycles. The van der Waals surface area contributed by atoms with Crippen LogP contribution in [0.3, 0.4) is 0 Å². The Morgan fingerprint density at radius 2 is 1.78 bits per heavy atom. The number of carbonyl (C=O) groups excluding carboxylic acids is 3. The molecule has 2 saturated heterocycles. The molecule has 284 valence electrons. The molecule has 5 aliphatic rings. The number of rotatable bonds is 12. The summed E-state index contributed by atoms with van der Waals surface area (Å²) in [5.41, 5.74) is 19.3. The number of allylic oxidation sites excluding steroid dienone is 1. The Morgan fingerprint density at radius 3 is 2.44 bits per heavy atom. The summed E-state index contributed by atoms with van der Waals surface area (Å²) in [5, 5.41) is 14.1. The van der Waals surface area contributed by atoms with Gasteiger partial charge in [-0.25, -0.2) is 4.98 Å². The van der Waals surface area contributed by atoms with E-state index in [0.717, 1.165) is 86.4 Å². The minimum absolute atomic E-state index is 0.00105. The van der Waals surface area contributed by atoms with Crippen LogP contribution in [0, 0.1) is 5.92 Å². The van der Waals surface area contributed by atoms with E-state index in [9.17, 15) is 14.4 Å². The molecule has 1 atom stereocenters. The molecular formula is C40H51N11O3. The van der Waals surface area contributed by atoms with E-state index in [0.29, 0.717) is 17.9 Å². The zero-order chi connectivity index (χ0) is 37.9. The van der Waals surface area contributed by atoms with Crippen molar-refractivity contribution in [2.75, 3.05) is 36.9 Å². The zero-order valence-corrected chi connectivity index (χ0v) is 31.6. The van der Waals surface area contributed by atoms with Gasteiger partial charge in [0, 0.05) is 67.9 Å². The quantitative estimate of drug-likeness (QED) is 0.136. The van der Waals surface area contributed by atoms with Crippen LogP contribution in [0.25, 0.3) is 11.1 Å². The summed E-state index contributed by atoms with van der Waals surface area (Å²) < 4.78 is 2.19. The van der Waals surface area contributed by atoms with Crippen molar-refractivity contribution in [1.29, 1.82) is 0 Å². The smallest absolute Gasteiger partial charge is 0.272 e. The molecule has 8 rings (SSSR count). The molecule has 14 nitrogen and oxygen atoms in total. The molecule has 4 fully saturated rings. The first-order valence-electron chi connectivity index (χ1n) is 19.2. The van der Waals surface area contributed by atoms with Gasteiger partial charge in [0.1, 0.15) is 17.2 Å². The highest BCUT2D eigenvalue weighted by Gasteiger charge is 2.41. The fourth-order valence-corrected chi connectivity index (χ4v) is 7.90. The Bertz CT molecular complexity index is 2050. The predicted octanol–water partition coefficient (Wildman–Crippen LogP) is 3.71. The van der Waals surface area contributed by atoms with Crippen LogP contribution in [-0.4, -0.2) is 80.5 Å². The van der Waals surface area contributed by atoms with E-state index in [2.05, 4.69) is 64.3 Å². The van der Waals surface area contributed by atoms with Gasteiger partial charge in [-0.2, -0.15) is 5.10 Å². The summed E-state index contributed by atoms with van der Waals surface area (Å²) >= 11 is 0. The van der Waals surface area contributed by atoms with Crippen LogP contribution in [0.1, 0.15) is 93.3 Å². The molecule has 54 heavy (non-hydrogen) atoms. The van der Waals surface area contributed by atoms with Gasteiger partial charge in [0.05, 0.1) is 46.7 Å². The van der Waals surface area contributed by atoms with Crippen LogP contribution in [0.4, 0.5) is 11.4 Å². The summed E-state index contributed by atoms with van der Waals surface area (Å²) in [4.78, 5) is 50.0. The number of amides is 3. The van der Waals surface area contributed by atoms with Crippen LogP contribution < -0.4 is 32.3 Å². The zero-order valence-electron chi connectivity index (χ0n) is 31.6. The number of likely N-dealkylation sites (tertiary alicyclic amines) is 2. The van der Waals surface area contributed by atoms with E-state index in [4.69, 9.17) is 21.5 Å². The van der Waals surface area contributed by atoms with Gasteiger partial charge in [0.15, 0.2) is 0 Å². The third-order valence-electron chi connectivity index (χ3n) is 11.5. The van der Waals surface area contributed by atoms with Crippen molar-refractivity contribution < 1.29 is 14.4 Å². The maximum Gasteiger partial charge on any atom is 0.272 e. The lowest BCUT2D eigenvalue weighted by atomic mass is 9.88. The van der Waals surface area contributed by atoms with E-state index in [-0.39, 0.29) is 58.8 Å². The van der Waals surface area contributed by atoms with Crippen LogP contribution >= 0.6 is 0 Å². The first kappa shape index (κ1) is 35.6. The summed E-state index contributed by atoms with van der Waals surface area (Å²) in [6.45, 7) is 9.45. The summed E-state index contributed by atoms with van der Waals surface area (Å²) in [6.07, 6.45) is 8.88. The largest absolute Gasteiger partial charge is 0.393 e. The van der Waals surface area contributed by atoms with E-state index < -0.39 is 0 Å². The molecule has 3 aliphatic heterocycles. The van der Waals surface area contributed by atoms with Gasteiger partial charge in [-0.3, -0.25) is 24.0 Å². The molecular weight excluding hydrogens is 683 g/mol. The van der Waals surface area contributed by atoms with Crippen LogP contribution in [0.15, 0.2) is 65.9 Å². The number of pyridine rings is 1. The lowest BCUT2D eigenvalue weighted by molar-refractivity contribution is -0.121. The molecule has 14 heteroatoms. The predicted molar refractivity (Wildman–Crippen MR) is 207 cm³/mol. The molecule has 2 saturated carbocycles. The van der Waals surface area contributed by atoms with Crippen LogP contribution in [0.2, 0.25) is 0 Å². The molecule has 0 spiro atoms. The van der Waals surface area contributed by atoms with E-state index in [1.807, 2.05) is 41.4 Å². The first-order chi connectivity index (χ1) is 25.9. The summed E-state index contributed by atoms with van der Waals surface area (Å²) in [6, 6.07) is 12.1. The van der Waals surface area contributed by atoms with Crippen molar-refractivity contribution in [3.05, 3.63) is 83.0 Å². The van der Waals surface area contributed by atoms with Crippen LogP contribution in [-0.2, 0) is 16.1 Å². The van der Waals surface area contributed by atoms with Gasteiger partial charge in [0.25, 0.3) is 11.8 Å². The maximum atomic E-state index is 13.2. The highest BCUT2D eigenvalue weighted by molar-refractivity contribution is 5.97. The molecule has 7 N–H and O–H groups in total. The number of benzene rings is 1. The van der Waals surface area contributed by atoms with Gasteiger partial charge in [0.2, 0.25) is 5.91 Å². The minimum Gasteiger partial charge on any atom is -0.393 e. The first-order valence-corrected chi connectivity index (χ1v) is 19.2. The lowest BCUT2D eigenvalue weighted by Gasteiger charge is -2.48. The molecule has 1 aromatic carbocycles. The molecule has 0 radical (unpaired) electrons. The van der Waals surface area contributed by atoms with Crippen molar-refractivity contribution in [1.82, 2.24) is 35.2 Å². The van der Waals surface area contributed by atoms with Crippen molar-refractivity contribution >= 4 is 29.1 Å². The number of carbonyl (C=O) groups is 3. The average molecular weight is 734 g/mol. The fraction of sp³-hybridized carbons (Fsp3) is 0.475. The number of hydrogen-bond acceptors (Lipinski definition) is 10. The Labute approximate surface area is 316 Å². The third kappa shape index (κ3) is 6.78. The second kappa shape index (κ2) is 13.8. The second-order valence-electron chi connectivity index (χ2n) is 16.1. The van der Waals surface area contributed by atoms with Gasteiger partial charge in [-0.15, -0.1) is 0 Å². The number of anilines is 2. The number of aromatic nitrogens is 3. The second-order valence-corrected chi connectivity index (χ2v) is 16.1. The standard InChI is InChI=1S/C40H51N11O3/c1-5-32-36-28(19-43-51(36)26-21-49(22-26)20-25-8-6-11-30(44-25)39(54)50-17-16-40(50,2)3)27-9-7-10-29(35(27)48(32)4)46-31(34(42)38(53)45-24-14-15-24)18-33(41)47-37(52)23-12-13-23/h6-11,18-19,23-24,26,32,46H,5,12-17,20-22,41-42H2,1-4H3,(H,45,53)(H,47,52)/b33-18+,34-31+. The number of hydrogen-bond donors (Lipinski definition) is 5. The Balaban J connectivity index is 1.02. The van der Waals surface area contributed by atoms with E-state index in [1.165, 1.54) is 11.8 Å². The molecule has 0 bridgehead atoms. The van der Waals surface area contributed by atoms with Gasteiger partial charge in [-0.05, 0) is 70.6 Å². The van der Waals surface area contributed by atoms with Crippen LogP contribution in [0.5, 0.6) is 0 Å². The van der Waals surface area contributed by atoms with E-state index >= 15 is 0 Å². The van der Waals surface area contributed by atoms with Crippen molar-refractivity contribution in [2.24, 2.45) is 17.4 Å². The Hall–Kier alpha value is -5.37. The van der Waals surface area contributed by atoms with E-state index in [1.54, 1.807) is 0 Å². The van der Waals surface area contributed by atoms with Gasteiger partial charge >= 0.3 is 0 Å². The highest BCUT2D eigenvalue weighted by Crippen LogP contribution is 2.49. The highest BCUT2D eigenvalue weighted by atomic mass is 16.2. The number of nitrogens with two attached hydrogens (primary N) is 2. The molecule has 3 aromatic rings. The molecule has 5 heterocycles. The topological polar surface area (TPSA) is 180 Å². The Kier molecular flexibility index (Phi) is 9.11. The van der Waals surface area contributed by atoms with Gasteiger partial charge in [-0.1, -0.05) is 25.1 Å². The minimum atomic E-state index is -0.382. The number of nitrogens with zero attached hydrogens (tertiary/aromatic N) is 6. The SMILES string of the molecule is CCC1c2c(cnn2C2CN(Cc3cccc(C(=O)N4CCC4(C)C)n3)C2)-c2cccc(NC(/C=C(\N)NC(=O)C3CC3)=C(/N)C(=O)NC3CC3)c2N1C. The molecule has 1 unspecified atom stereocenters. The molecule has 3 amide bonds. The van der Waals surface area contributed by atoms with Crippen molar-refractivity contribution in [2.45, 2.75) is 89.5 Å². The monoisotopic (exact) mass is 733 g/mol.